The van der Waals surface area contributed by atoms with Crippen LogP contribution >= 0.6 is 11.6 Å². The molecule has 1 aliphatic rings. The van der Waals surface area contributed by atoms with Crippen LogP contribution in [0.5, 0.6) is 0 Å². The minimum atomic E-state index is 0.232. The number of anilines is 1. The van der Waals surface area contributed by atoms with Crippen LogP contribution in [0.4, 0.5) is 5.82 Å². The zero-order chi connectivity index (χ0) is 14.3. The number of hydrogen-bond acceptors (Lipinski definition) is 3. The van der Waals surface area contributed by atoms with Crippen LogP contribution in [0.15, 0.2) is 24.3 Å². The van der Waals surface area contributed by atoms with Crippen LogP contribution in [0.3, 0.4) is 0 Å². The molecule has 0 saturated carbocycles. The SMILES string of the molecule is Cc1cc(N2C[C@@H](C)O[C@@H](C)C2)nc2cc(Cl)ccc12. The minimum Gasteiger partial charge on any atom is -0.372 e. The van der Waals surface area contributed by atoms with E-state index in [-0.39, 0.29) is 12.2 Å². The number of morpholine rings is 1. The van der Waals surface area contributed by atoms with E-state index in [1.165, 1.54) is 5.56 Å². The van der Waals surface area contributed by atoms with E-state index in [9.17, 15) is 0 Å². The van der Waals surface area contributed by atoms with E-state index >= 15 is 0 Å². The highest BCUT2D eigenvalue weighted by Crippen LogP contribution is 2.26. The van der Waals surface area contributed by atoms with Crippen molar-refractivity contribution in [2.24, 2.45) is 0 Å². The molecule has 0 aliphatic carbocycles. The van der Waals surface area contributed by atoms with Crippen LogP contribution in [0, 0.1) is 6.92 Å². The summed E-state index contributed by atoms with van der Waals surface area (Å²) in [6.07, 6.45) is 0.465. The van der Waals surface area contributed by atoms with E-state index in [1.54, 1.807) is 0 Å². The van der Waals surface area contributed by atoms with Crippen molar-refractivity contribution in [1.29, 1.82) is 0 Å². The summed E-state index contributed by atoms with van der Waals surface area (Å²) in [6, 6.07) is 8.03. The molecular weight excluding hydrogens is 272 g/mol. The fraction of sp³-hybridized carbons (Fsp3) is 0.438. The molecule has 4 heteroatoms. The quantitative estimate of drug-likeness (QED) is 0.798. The monoisotopic (exact) mass is 290 g/mol. The van der Waals surface area contributed by atoms with Gasteiger partial charge in [0.15, 0.2) is 0 Å². The van der Waals surface area contributed by atoms with Gasteiger partial charge in [-0.05, 0) is 44.5 Å². The minimum absolute atomic E-state index is 0.232. The molecule has 3 rings (SSSR count). The Morgan fingerprint density at radius 2 is 1.90 bits per heavy atom. The van der Waals surface area contributed by atoms with Gasteiger partial charge >= 0.3 is 0 Å². The fourth-order valence-electron chi connectivity index (χ4n) is 2.88. The number of rotatable bonds is 1. The number of ether oxygens (including phenoxy) is 1. The number of aryl methyl sites for hydroxylation is 1. The number of aromatic nitrogens is 1. The van der Waals surface area contributed by atoms with Gasteiger partial charge in [-0.1, -0.05) is 17.7 Å². The molecule has 106 valence electrons. The molecule has 0 unspecified atom stereocenters. The van der Waals surface area contributed by atoms with E-state index in [4.69, 9.17) is 21.3 Å². The summed E-state index contributed by atoms with van der Waals surface area (Å²) in [4.78, 5) is 7.07. The Bertz CT molecular complexity index is 634. The Morgan fingerprint density at radius 3 is 2.60 bits per heavy atom. The third-order valence-electron chi connectivity index (χ3n) is 3.71. The third-order valence-corrected chi connectivity index (χ3v) is 3.94. The zero-order valence-electron chi connectivity index (χ0n) is 12.1. The van der Waals surface area contributed by atoms with Gasteiger partial charge in [0, 0.05) is 23.5 Å². The first-order valence-electron chi connectivity index (χ1n) is 7.00. The number of halogens is 1. The Labute approximate surface area is 124 Å². The van der Waals surface area contributed by atoms with Gasteiger partial charge in [0.1, 0.15) is 5.82 Å². The van der Waals surface area contributed by atoms with Gasteiger partial charge in [0.2, 0.25) is 0 Å². The molecule has 0 amide bonds. The van der Waals surface area contributed by atoms with Gasteiger partial charge in [-0.15, -0.1) is 0 Å². The van der Waals surface area contributed by atoms with E-state index in [2.05, 4.69) is 31.7 Å². The van der Waals surface area contributed by atoms with Gasteiger partial charge < -0.3 is 9.64 Å². The topological polar surface area (TPSA) is 25.4 Å². The number of nitrogens with zero attached hydrogens (tertiary/aromatic N) is 2. The zero-order valence-corrected chi connectivity index (χ0v) is 12.8. The predicted octanol–water partition coefficient (Wildman–Crippen LogP) is 3.81. The Morgan fingerprint density at radius 1 is 1.20 bits per heavy atom. The van der Waals surface area contributed by atoms with Crippen molar-refractivity contribution in [3.8, 4) is 0 Å². The molecule has 0 bridgehead atoms. The molecule has 1 aromatic carbocycles. The molecule has 2 heterocycles. The fourth-order valence-corrected chi connectivity index (χ4v) is 3.05. The van der Waals surface area contributed by atoms with Crippen molar-refractivity contribution in [3.05, 3.63) is 34.9 Å². The van der Waals surface area contributed by atoms with Gasteiger partial charge in [-0.2, -0.15) is 0 Å². The summed E-state index contributed by atoms with van der Waals surface area (Å²) in [5, 5.41) is 1.89. The van der Waals surface area contributed by atoms with Crippen molar-refractivity contribution in [3.63, 3.8) is 0 Å². The van der Waals surface area contributed by atoms with Crippen molar-refractivity contribution in [2.45, 2.75) is 33.0 Å². The average Bonchev–Trinajstić information content (AvgIpc) is 2.36. The molecule has 3 nitrogen and oxygen atoms in total. The molecule has 0 spiro atoms. The molecule has 0 radical (unpaired) electrons. The molecule has 1 fully saturated rings. The smallest absolute Gasteiger partial charge is 0.129 e. The van der Waals surface area contributed by atoms with Gasteiger partial charge in [-0.25, -0.2) is 4.98 Å². The maximum atomic E-state index is 6.08. The van der Waals surface area contributed by atoms with Crippen LogP contribution in [0.1, 0.15) is 19.4 Å². The molecule has 20 heavy (non-hydrogen) atoms. The number of benzene rings is 1. The molecule has 0 N–H and O–H groups in total. The molecule has 2 atom stereocenters. The first kappa shape index (κ1) is 13.7. The summed E-state index contributed by atoms with van der Waals surface area (Å²) < 4.78 is 5.78. The predicted molar refractivity (Wildman–Crippen MR) is 83.7 cm³/mol. The van der Waals surface area contributed by atoms with Crippen LogP contribution in [-0.2, 0) is 4.74 Å². The first-order valence-corrected chi connectivity index (χ1v) is 7.38. The van der Waals surface area contributed by atoms with Crippen LogP contribution in [-0.4, -0.2) is 30.3 Å². The lowest BCUT2D eigenvalue weighted by Crippen LogP contribution is -2.45. The molecule has 1 aliphatic heterocycles. The van der Waals surface area contributed by atoms with Crippen LogP contribution in [0.2, 0.25) is 5.02 Å². The van der Waals surface area contributed by atoms with E-state index in [0.717, 1.165) is 34.8 Å². The lowest BCUT2D eigenvalue weighted by atomic mass is 10.1. The highest BCUT2D eigenvalue weighted by atomic mass is 35.5. The standard InChI is InChI=1S/C16H19ClN2O/c1-10-6-16(19-8-11(2)20-12(3)9-19)18-15-7-13(17)4-5-14(10)15/h4-7,11-12H,8-9H2,1-3H3/t11-,12+. The van der Waals surface area contributed by atoms with Gasteiger partial charge in [0.25, 0.3) is 0 Å². The van der Waals surface area contributed by atoms with E-state index in [0.29, 0.717) is 0 Å². The van der Waals surface area contributed by atoms with Gasteiger partial charge in [-0.3, -0.25) is 0 Å². The van der Waals surface area contributed by atoms with Crippen LogP contribution in [0.25, 0.3) is 10.9 Å². The van der Waals surface area contributed by atoms with Crippen molar-refractivity contribution < 1.29 is 4.74 Å². The number of pyridine rings is 1. The molecular formula is C16H19ClN2O. The second-order valence-corrected chi connectivity index (χ2v) is 6.06. The molecule has 2 aromatic rings. The highest BCUT2D eigenvalue weighted by Gasteiger charge is 2.23. The maximum absolute atomic E-state index is 6.08. The van der Waals surface area contributed by atoms with E-state index in [1.807, 2.05) is 18.2 Å². The van der Waals surface area contributed by atoms with Crippen molar-refractivity contribution in [1.82, 2.24) is 4.98 Å². The molecule has 1 aromatic heterocycles. The largest absolute Gasteiger partial charge is 0.372 e. The third kappa shape index (κ3) is 2.60. The van der Waals surface area contributed by atoms with Crippen molar-refractivity contribution in [2.75, 3.05) is 18.0 Å². The Kier molecular flexibility index (Phi) is 3.57. The second-order valence-electron chi connectivity index (χ2n) is 5.62. The summed E-state index contributed by atoms with van der Waals surface area (Å²) in [5.74, 6) is 1.01. The van der Waals surface area contributed by atoms with Crippen LogP contribution < -0.4 is 4.90 Å². The highest BCUT2D eigenvalue weighted by molar-refractivity contribution is 6.31. The summed E-state index contributed by atoms with van der Waals surface area (Å²) in [7, 11) is 0. The number of fused-ring (bicyclic) bond motifs is 1. The lowest BCUT2D eigenvalue weighted by Gasteiger charge is -2.36. The normalized spacial score (nSPS) is 23.3. The summed E-state index contributed by atoms with van der Waals surface area (Å²) in [5.41, 5.74) is 2.19. The van der Waals surface area contributed by atoms with Gasteiger partial charge in [0.05, 0.1) is 17.7 Å². The maximum Gasteiger partial charge on any atom is 0.129 e. The average molecular weight is 291 g/mol. The molecule has 1 saturated heterocycles. The Balaban J connectivity index is 2.03. The van der Waals surface area contributed by atoms with E-state index < -0.39 is 0 Å². The summed E-state index contributed by atoms with van der Waals surface area (Å²) in [6.45, 7) is 8.08. The number of hydrogen-bond donors (Lipinski definition) is 0. The summed E-state index contributed by atoms with van der Waals surface area (Å²) >= 11 is 6.08. The Hall–Kier alpha value is -1.32. The second kappa shape index (κ2) is 5.23. The lowest BCUT2D eigenvalue weighted by molar-refractivity contribution is -0.00544. The first-order chi connectivity index (χ1) is 9.52. The van der Waals surface area contributed by atoms with Crippen molar-refractivity contribution >= 4 is 28.3 Å².